The highest BCUT2D eigenvalue weighted by Crippen LogP contribution is 2.34. The van der Waals surface area contributed by atoms with Gasteiger partial charge in [-0.05, 0) is 49.2 Å². The maximum Gasteiger partial charge on any atom is 0.146 e. The lowest BCUT2D eigenvalue weighted by molar-refractivity contribution is 0.199. The van der Waals surface area contributed by atoms with Gasteiger partial charge in [-0.25, -0.2) is 0 Å². The van der Waals surface area contributed by atoms with Gasteiger partial charge in [0.05, 0.1) is 11.1 Å². The molecule has 1 atom stereocenters. The van der Waals surface area contributed by atoms with Crippen LogP contribution in [-0.4, -0.2) is 5.11 Å². The number of hydrogen-bond donors (Lipinski definition) is 1. The molecule has 2 nitrogen and oxygen atoms in total. The molecule has 0 amide bonds. The van der Waals surface area contributed by atoms with Crippen molar-refractivity contribution >= 4 is 27.5 Å². The Morgan fingerprint density at radius 2 is 1.89 bits per heavy atom. The quantitative estimate of drug-likeness (QED) is 0.825. The summed E-state index contributed by atoms with van der Waals surface area (Å²) in [6.45, 7) is 3.67. The first kappa shape index (κ1) is 14.4. The Morgan fingerprint density at radius 3 is 2.53 bits per heavy atom. The van der Waals surface area contributed by atoms with Crippen molar-refractivity contribution < 1.29 is 9.84 Å². The highest BCUT2D eigenvalue weighted by atomic mass is 79.9. The number of ether oxygens (including phenoxy) is 1. The van der Waals surface area contributed by atoms with Crippen molar-refractivity contribution in [1.82, 2.24) is 0 Å². The van der Waals surface area contributed by atoms with Crippen LogP contribution in [-0.2, 0) is 0 Å². The minimum atomic E-state index is -0.542. The molecule has 100 valence electrons. The second-order valence-corrected chi connectivity index (χ2v) is 5.70. The van der Waals surface area contributed by atoms with Gasteiger partial charge in [-0.15, -0.1) is 0 Å². The standard InChI is InChI=1S/C15H14BrClO2/c1-9-3-5-12(16)8-15(9)19-14-6-4-11(10(2)18)7-13(14)17/h3-8,10,18H,1-2H3. The van der Waals surface area contributed by atoms with Gasteiger partial charge in [0.25, 0.3) is 0 Å². The molecule has 0 spiro atoms. The van der Waals surface area contributed by atoms with E-state index in [1.54, 1.807) is 25.1 Å². The minimum absolute atomic E-state index is 0.484. The largest absolute Gasteiger partial charge is 0.455 e. The summed E-state index contributed by atoms with van der Waals surface area (Å²) in [4.78, 5) is 0. The first-order valence-corrected chi connectivity index (χ1v) is 7.06. The van der Waals surface area contributed by atoms with Crippen LogP contribution in [0.2, 0.25) is 5.02 Å². The van der Waals surface area contributed by atoms with E-state index in [1.165, 1.54) is 0 Å². The maximum absolute atomic E-state index is 9.50. The Morgan fingerprint density at radius 1 is 1.16 bits per heavy atom. The number of aryl methyl sites for hydroxylation is 1. The number of rotatable bonds is 3. The minimum Gasteiger partial charge on any atom is -0.455 e. The molecule has 2 aromatic rings. The summed E-state index contributed by atoms with van der Waals surface area (Å²) < 4.78 is 6.76. The zero-order valence-corrected chi connectivity index (χ0v) is 13.0. The molecule has 0 heterocycles. The SMILES string of the molecule is Cc1ccc(Br)cc1Oc1ccc(C(C)O)cc1Cl. The van der Waals surface area contributed by atoms with E-state index in [9.17, 15) is 5.11 Å². The van der Waals surface area contributed by atoms with Gasteiger partial charge in [0.1, 0.15) is 11.5 Å². The molecule has 2 rings (SSSR count). The first-order chi connectivity index (χ1) is 8.97. The molecule has 0 fully saturated rings. The highest BCUT2D eigenvalue weighted by molar-refractivity contribution is 9.10. The number of benzene rings is 2. The second kappa shape index (κ2) is 5.95. The third kappa shape index (κ3) is 3.50. The Hall–Kier alpha value is -1.03. The number of hydrogen-bond acceptors (Lipinski definition) is 2. The number of aliphatic hydroxyl groups excluding tert-OH is 1. The van der Waals surface area contributed by atoms with E-state index in [1.807, 2.05) is 25.1 Å². The molecule has 0 aliphatic heterocycles. The average molecular weight is 342 g/mol. The Bertz CT molecular complexity index is 597. The molecule has 0 aromatic heterocycles. The van der Waals surface area contributed by atoms with Crippen molar-refractivity contribution in [3.63, 3.8) is 0 Å². The molecule has 0 saturated carbocycles. The van der Waals surface area contributed by atoms with Gasteiger partial charge in [0.15, 0.2) is 0 Å². The topological polar surface area (TPSA) is 29.5 Å². The van der Waals surface area contributed by atoms with Crippen LogP contribution in [0.1, 0.15) is 24.2 Å². The van der Waals surface area contributed by atoms with Gasteiger partial charge in [0, 0.05) is 4.47 Å². The molecule has 1 N–H and O–H groups in total. The molecular formula is C15H14BrClO2. The van der Waals surface area contributed by atoms with Gasteiger partial charge in [0.2, 0.25) is 0 Å². The van der Waals surface area contributed by atoms with E-state index < -0.39 is 6.10 Å². The summed E-state index contributed by atoms with van der Waals surface area (Å²) in [5.74, 6) is 1.33. The zero-order valence-electron chi connectivity index (χ0n) is 10.7. The van der Waals surface area contributed by atoms with Crippen LogP contribution in [0.25, 0.3) is 0 Å². The fourth-order valence-electron chi connectivity index (χ4n) is 1.66. The number of halogens is 2. The summed E-state index contributed by atoms with van der Waals surface area (Å²) >= 11 is 9.58. The molecule has 0 aliphatic carbocycles. The first-order valence-electron chi connectivity index (χ1n) is 5.89. The summed E-state index contributed by atoms with van der Waals surface area (Å²) in [5, 5.41) is 9.99. The molecule has 19 heavy (non-hydrogen) atoms. The van der Waals surface area contributed by atoms with E-state index in [-0.39, 0.29) is 0 Å². The van der Waals surface area contributed by atoms with Gasteiger partial charge >= 0.3 is 0 Å². The van der Waals surface area contributed by atoms with Crippen molar-refractivity contribution in [2.45, 2.75) is 20.0 Å². The average Bonchev–Trinajstić information content (AvgIpc) is 2.36. The molecule has 2 aromatic carbocycles. The van der Waals surface area contributed by atoms with Gasteiger partial charge in [-0.2, -0.15) is 0 Å². The second-order valence-electron chi connectivity index (χ2n) is 4.38. The van der Waals surface area contributed by atoms with Crippen LogP contribution >= 0.6 is 27.5 Å². The molecule has 0 radical (unpaired) electrons. The maximum atomic E-state index is 9.50. The summed E-state index contributed by atoms with van der Waals surface area (Å²) in [5.41, 5.74) is 1.79. The predicted molar refractivity (Wildman–Crippen MR) is 81.0 cm³/mol. The van der Waals surface area contributed by atoms with E-state index in [0.29, 0.717) is 10.8 Å². The van der Waals surface area contributed by atoms with Gasteiger partial charge < -0.3 is 9.84 Å². The zero-order chi connectivity index (χ0) is 14.0. The molecule has 1 unspecified atom stereocenters. The molecule has 0 saturated heterocycles. The van der Waals surface area contributed by atoms with E-state index >= 15 is 0 Å². The molecular weight excluding hydrogens is 328 g/mol. The van der Waals surface area contributed by atoms with Crippen LogP contribution in [0.4, 0.5) is 0 Å². The van der Waals surface area contributed by atoms with Crippen LogP contribution in [0.5, 0.6) is 11.5 Å². The lowest BCUT2D eigenvalue weighted by atomic mass is 10.1. The van der Waals surface area contributed by atoms with Crippen molar-refractivity contribution in [3.05, 3.63) is 57.0 Å². The highest BCUT2D eigenvalue weighted by Gasteiger charge is 2.09. The van der Waals surface area contributed by atoms with Gasteiger partial charge in [-0.1, -0.05) is 39.7 Å². The lowest BCUT2D eigenvalue weighted by Gasteiger charge is -2.12. The predicted octanol–water partition coefficient (Wildman–Crippen LogP) is 5.26. The summed E-state index contributed by atoms with van der Waals surface area (Å²) in [7, 11) is 0. The van der Waals surface area contributed by atoms with Crippen LogP contribution in [0, 0.1) is 6.92 Å². The molecule has 0 bridgehead atoms. The Kier molecular flexibility index (Phi) is 4.50. The van der Waals surface area contributed by atoms with E-state index in [2.05, 4.69) is 15.9 Å². The summed E-state index contributed by atoms with van der Waals surface area (Å²) in [6, 6.07) is 11.1. The Labute approximate surface area is 126 Å². The van der Waals surface area contributed by atoms with Gasteiger partial charge in [-0.3, -0.25) is 0 Å². The van der Waals surface area contributed by atoms with Crippen molar-refractivity contribution in [3.8, 4) is 11.5 Å². The fraction of sp³-hybridized carbons (Fsp3) is 0.200. The van der Waals surface area contributed by atoms with E-state index in [0.717, 1.165) is 21.3 Å². The normalized spacial score (nSPS) is 12.3. The van der Waals surface area contributed by atoms with E-state index in [4.69, 9.17) is 16.3 Å². The van der Waals surface area contributed by atoms with Crippen LogP contribution < -0.4 is 4.74 Å². The molecule has 0 aliphatic rings. The molecule has 4 heteroatoms. The van der Waals surface area contributed by atoms with Crippen molar-refractivity contribution in [2.75, 3.05) is 0 Å². The van der Waals surface area contributed by atoms with Crippen LogP contribution in [0.15, 0.2) is 40.9 Å². The third-order valence-electron chi connectivity index (χ3n) is 2.81. The summed E-state index contributed by atoms with van der Waals surface area (Å²) in [6.07, 6.45) is -0.542. The smallest absolute Gasteiger partial charge is 0.146 e. The third-order valence-corrected chi connectivity index (χ3v) is 3.60. The van der Waals surface area contributed by atoms with Crippen molar-refractivity contribution in [2.24, 2.45) is 0 Å². The Balaban J connectivity index is 2.31. The lowest BCUT2D eigenvalue weighted by Crippen LogP contribution is -1.93. The van der Waals surface area contributed by atoms with Crippen molar-refractivity contribution in [1.29, 1.82) is 0 Å². The fourth-order valence-corrected chi connectivity index (χ4v) is 2.23. The monoisotopic (exact) mass is 340 g/mol. The number of aliphatic hydroxyl groups is 1. The van der Waals surface area contributed by atoms with Crippen LogP contribution in [0.3, 0.4) is 0 Å².